The molecule has 1 aromatic rings. The van der Waals surface area contributed by atoms with Crippen LogP contribution in [0.1, 0.15) is 39.7 Å². The first-order valence-corrected chi connectivity index (χ1v) is 9.58. The van der Waals surface area contributed by atoms with E-state index in [4.69, 9.17) is 0 Å². The predicted molar refractivity (Wildman–Crippen MR) is 87.9 cm³/mol. The molecule has 0 saturated carbocycles. The third-order valence-corrected chi connectivity index (χ3v) is 6.65. The van der Waals surface area contributed by atoms with Crippen molar-refractivity contribution in [1.82, 2.24) is 19.4 Å². The fourth-order valence-electron chi connectivity index (χ4n) is 2.86. The van der Waals surface area contributed by atoms with Gasteiger partial charge in [-0.15, -0.1) is 0 Å². The molecule has 2 atom stereocenters. The zero-order valence-electron chi connectivity index (χ0n) is 14.0. The number of nitrogens with one attached hydrogen (secondary N) is 1. The molecule has 0 unspecified atom stereocenters. The summed E-state index contributed by atoms with van der Waals surface area (Å²) in [5.41, 5.74) is 1.17. The van der Waals surface area contributed by atoms with Crippen molar-refractivity contribution in [3.8, 4) is 0 Å². The predicted octanol–water partition coefficient (Wildman–Crippen LogP) is 1.44. The lowest BCUT2D eigenvalue weighted by atomic mass is 9.95. The molecular formula is C15H28N4O2S. The van der Waals surface area contributed by atoms with Crippen LogP contribution in [-0.4, -0.2) is 46.9 Å². The molecule has 0 aliphatic carbocycles. The molecule has 1 aliphatic rings. The molecule has 0 bridgehead atoms. The van der Waals surface area contributed by atoms with Crippen molar-refractivity contribution in [3.63, 3.8) is 0 Å². The Morgan fingerprint density at radius 3 is 2.73 bits per heavy atom. The molecule has 1 N–H and O–H groups in total. The van der Waals surface area contributed by atoms with Gasteiger partial charge in [-0.25, -0.2) is 12.7 Å². The largest absolute Gasteiger partial charge is 0.309 e. The van der Waals surface area contributed by atoms with Gasteiger partial charge in [-0.2, -0.15) is 5.10 Å². The minimum absolute atomic E-state index is 0.309. The van der Waals surface area contributed by atoms with Gasteiger partial charge in [-0.3, -0.25) is 4.68 Å². The van der Waals surface area contributed by atoms with Crippen LogP contribution >= 0.6 is 0 Å². The zero-order valence-corrected chi connectivity index (χ0v) is 14.8. The van der Waals surface area contributed by atoms with Crippen LogP contribution in [0.3, 0.4) is 0 Å². The zero-order chi connectivity index (χ0) is 16.3. The number of aryl methyl sites for hydroxylation is 1. The van der Waals surface area contributed by atoms with E-state index >= 15 is 0 Å². The standard InChI is InChI=1S/C15H28N4O2S/c1-5-18-11-14(9-17-18)8-16-15-6-7-19(10-13(15)4)22(20,21)12(2)3/h9,11-13,15-16H,5-8,10H2,1-4H3/t13-,15+/m1/s1. The van der Waals surface area contributed by atoms with Crippen LogP contribution in [0.25, 0.3) is 0 Å². The third kappa shape index (κ3) is 3.88. The molecule has 0 radical (unpaired) electrons. The molecule has 1 saturated heterocycles. The lowest BCUT2D eigenvalue weighted by molar-refractivity contribution is 0.218. The first kappa shape index (κ1) is 17.4. The van der Waals surface area contributed by atoms with Crippen LogP contribution in [0.2, 0.25) is 0 Å². The molecule has 0 amide bonds. The molecule has 1 aliphatic heterocycles. The Hall–Kier alpha value is -0.920. The number of hydrogen-bond acceptors (Lipinski definition) is 4. The van der Waals surface area contributed by atoms with Crippen molar-refractivity contribution >= 4 is 10.0 Å². The van der Waals surface area contributed by atoms with Crippen molar-refractivity contribution in [3.05, 3.63) is 18.0 Å². The Bertz CT molecular complexity index is 582. The van der Waals surface area contributed by atoms with Crippen molar-refractivity contribution in [2.24, 2.45) is 5.92 Å². The number of aromatic nitrogens is 2. The summed E-state index contributed by atoms with van der Waals surface area (Å²) >= 11 is 0. The van der Waals surface area contributed by atoms with Crippen molar-refractivity contribution in [2.45, 2.75) is 58.5 Å². The summed E-state index contributed by atoms with van der Waals surface area (Å²) in [5.74, 6) is 0.309. The molecule has 1 aromatic heterocycles. The Balaban J connectivity index is 1.88. The fourth-order valence-corrected chi connectivity index (χ4v) is 4.26. The van der Waals surface area contributed by atoms with Gasteiger partial charge >= 0.3 is 0 Å². The summed E-state index contributed by atoms with van der Waals surface area (Å²) in [6.07, 6.45) is 4.80. The molecule has 126 valence electrons. The number of nitrogens with zero attached hydrogens (tertiary/aromatic N) is 3. The lowest BCUT2D eigenvalue weighted by Crippen LogP contribution is -2.51. The first-order valence-electron chi connectivity index (χ1n) is 8.08. The Morgan fingerprint density at radius 2 is 2.18 bits per heavy atom. The average molecular weight is 328 g/mol. The molecule has 2 heterocycles. The Morgan fingerprint density at radius 1 is 1.45 bits per heavy atom. The summed E-state index contributed by atoms with van der Waals surface area (Å²) < 4.78 is 28.1. The van der Waals surface area contributed by atoms with E-state index < -0.39 is 10.0 Å². The quantitative estimate of drug-likeness (QED) is 0.858. The molecule has 0 aromatic carbocycles. The van der Waals surface area contributed by atoms with Crippen molar-refractivity contribution in [1.29, 1.82) is 0 Å². The highest BCUT2D eigenvalue weighted by atomic mass is 32.2. The minimum Gasteiger partial charge on any atom is -0.309 e. The highest BCUT2D eigenvalue weighted by Crippen LogP contribution is 2.22. The molecule has 22 heavy (non-hydrogen) atoms. The minimum atomic E-state index is -3.13. The maximum Gasteiger partial charge on any atom is 0.216 e. The fraction of sp³-hybridized carbons (Fsp3) is 0.800. The maximum atomic E-state index is 12.2. The van der Waals surface area contributed by atoms with E-state index in [1.807, 2.05) is 10.9 Å². The van der Waals surface area contributed by atoms with Crippen LogP contribution in [-0.2, 0) is 23.1 Å². The van der Waals surface area contributed by atoms with Gasteiger partial charge in [0.25, 0.3) is 0 Å². The monoisotopic (exact) mass is 328 g/mol. The smallest absolute Gasteiger partial charge is 0.216 e. The molecule has 0 spiro atoms. The van der Waals surface area contributed by atoms with Crippen molar-refractivity contribution < 1.29 is 8.42 Å². The van der Waals surface area contributed by atoms with Gasteiger partial charge in [-0.05, 0) is 33.1 Å². The van der Waals surface area contributed by atoms with E-state index in [1.54, 1.807) is 18.2 Å². The SMILES string of the molecule is CCn1cc(CN[C@H]2CCN(S(=O)(=O)C(C)C)C[C@H]2C)cn1. The van der Waals surface area contributed by atoms with Gasteiger partial charge in [0, 0.05) is 44.0 Å². The summed E-state index contributed by atoms with van der Waals surface area (Å²) in [5, 5.41) is 7.48. The second kappa shape index (κ2) is 7.10. The molecule has 1 fully saturated rings. The van der Waals surface area contributed by atoms with Crippen LogP contribution < -0.4 is 5.32 Å². The molecular weight excluding hydrogens is 300 g/mol. The number of rotatable bonds is 6. The maximum absolute atomic E-state index is 12.2. The van der Waals surface area contributed by atoms with E-state index in [9.17, 15) is 8.42 Å². The molecule has 6 nitrogen and oxygen atoms in total. The Labute approximate surface area is 133 Å². The summed E-state index contributed by atoms with van der Waals surface area (Å²) in [6.45, 7) is 10.6. The van der Waals surface area contributed by atoms with Crippen LogP contribution in [0.4, 0.5) is 0 Å². The van der Waals surface area contributed by atoms with Crippen molar-refractivity contribution in [2.75, 3.05) is 13.1 Å². The second-order valence-electron chi connectivity index (χ2n) is 6.41. The van der Waals surface area contributed by atoms with E-state index in [2.05, 4.69) is 30.5 Å². The lowest BCUT2D eigenvalue weighted by Gasteiger charge is -2.37. The van der Waals surface area contributed by atoms with Crippen LogP contribution in [0.15, 0.2) is 12.4 Å². The van der Waals surface area contributed by atoms with Crippen LogP contribution in [0.5, 0.6) is 0 Å². The molecule has 7 heteroatoms. The van der Waals surface area contributed by atoms with E-state index in [0.717, 1.165) is 19.5 Å². The third-order valence-electron chi connectivity index (χ3n) is 4.40. The van der Waals surface area contributed by atoms with E-state index in [-0.39, 0.29) is 5.25 Å². The summed E-state index contributed by atoms with van der Waals surface area (Å²) in [4.78, 5) is 0. The van der Waals surface area contributed by atoms with Gasteiger partial charge in [0.2, 0.25) is 10.0 Å². The highest BCUT2D eigenvalue weighted by molar-refractivity contribution is 7.89. The van der Waals surface area contributed by atoms with Gasteiger partial charge in [-0.1, -0.05) is 6.92 Å². The summed E-state index contributed by atoms with van der Waals surface area (Å²) in [7, 11) is -3.13. The number of piperidine rings is 1. The molecule has 2 rings (SSSR count). The first-order chi connectivity index (χ1) is 10.3. The number of sulfonamides is 1. The van der Waals surface area contributed by atoms with Gasteiger partial charge in [0.1, 0.15) is 0 Å². The highest BCUT2D eigenvalue weighted by Gasteiger charge is 2.33. The Kier molecular flexibility index (Phi) is 5.63. The average Bonchev–Trinajstić information content (AvgIpc) is 2.93. The second-order valence-corrected chi connectivity index (χ2v) is 8.90. The van der Waals surface area contributed by atoms with Gasteiger partial charge in [0.05, 0.1) is 11.4 Å². The number of hydrogen-bond donors (Lipinski definition) is 1. The van der Waals surface area contributed by atoms with Gasteiger partial charge < -0.3 is 5.32 Å². The van der Waals surface area contributed by atoms with Gasteiger partial charge in [0.15, 0.2) is 0 Å². The van der Waals surface area contributed by atoms with E-state index in [1.165, 1.54) is 5.56 Å². The summed E-state index contributed by atoms with van der Waals surface area (Å²) in [6, 6.07) is 0.351. The van der Waals surface area contributed by atoms with Crippen LogP contribution in [0, 0.1) is 5.92 Å². The normalized spacial score (nSPS) is 24.0. The topological polar surface area (TPSA) is 67.2 Å². The van der Waals surface area contributed by atoms with E-state index in [0.29, 0.717) is 25.0 Å².